The van der Waals surface area contributed by atoms with Crippen molar-refractivity contribution in [3.05, 3.63) is 65.5 Å². The van der Waals surface area contributed by atoms with Crippen LogP contribution in [0.15, 0.2) is 48.8 Å². The Balaban J connectivity index is 1.94. The first-order valence-electron chi connectivity index (χ1n) is 6.44. The number of hydrogen-bond donors (Lipinski definition) is 0. The van der Waals surface area contributed by atoms with Gasteiger partial charge in [-0.2, -0.15) is 0 Å². The molecule has 0 aliphatic heterocycles. The summed E-state index contributed by atoms with van der Waals surface area (Å²) in [6.07, 6.45) is 3.64. The summed E-state index contributed by atoms with van der Waals surface area (Å²) in [6.45, 7) is 1.66. The number of methoxy groups -OCH3 is 1. The third kappa shape index (κ3) is 3.90. The number of esters is 1. The average molecular weight is 270 g/mol. The van der Waals surface area contributed by atoms with E-state index in [0.717, 1.165) is 18.7 Å². The largest absolute Gasteiger partial charge is 0.465 e. The molecule has 1 aromatic heterocycles. The first kappa shape index (κ1) is 14.2. The molecule has 0 atom stereocenters. The van der Waals surface area contributed by atoms with Crippen LogP contribution in [0.3, 0.4) is 0 Å². The molecule has 2 rings (SSSR count). The van der Waals surface area contributed by atoms with E-state index >= 15 is 0 Å². The Labute approximate surface area is 119 Å². The predicted molar refractivity (Wildman–Crippen MR) is 77.2 cm³/mol. The van der Waals surface area contributed by atoms with Gasteiger partial charge in [-0.05, 0) is 36.4 Å². The molecule has 0 saturated carbocycles. The molecule has 0 fully saturated rings. The van der Waals surface area contributed by atoms with Crippen LogP contribution in [0.4, 0.5) is 0 Å². The van der Waals surface area contributed by atoms with Crippen molar-refractivity contribution in [2.75, 3.05) is 14.2 Å². The lowest BCUT2D eigenvalue weighted by Crippen LogP contribution is -2.17. The summed E-state index contributed by atoms with van der Waals surface area (Å²) in [6, 6.07) is 11.5. The molecular formula is C16H18N2O2. The monoisotopic (exact) mass is 270 g/mol. The Bertz CT molecular complexity index is 552. The molecular weight excluding hydrogens is 252 g/mol. The van der Waals surface area contributed by atoms with Crippen LogP contribution in [0, 0.1) is 0 Å². The van der Waals surface area contributed by atoms with Gasteiger partial charge in [-0.25, -0.2) is 4.79 Å². The maximum Gasteiger partial charge on any atom is 0.337 e. The number of nitrogens with zero attached hydrogens (tertiary/aromatic N) is 2. The van der Waals surface area contributed by atoms with Gasteiger partial charge in [0.15, 0.2) is 0 Å². The zero-order valence-corrected chi connectivity index (χ0v) is 11.7. The number of benzene rings is 1. The Hall–Kier alpha value is -2.20. The van der Waals surface area contributed by atoms with E-state index in [0.29, 0.717) is 5.56 Å². The third-order valence-electron chi connectivity index (χ3n) is 3.00. The van der Waals surface area contributed by atoms with Crippen LogP contribution in [0.25, 0.3) is 0 Å². The van der Waals surface area contributed by atoms with E-state index < -0.39 is 0 Å². The summed E-state index contributed by atoms with van der Waals surface area (Å²) < 4.78 is 4.68. The normalized spacial score (nSPS) is 10.6. The Kier molecular flexibility index (Phi) is 4.85. The van der Waals surface area contributed by atoms with Crippen molar-refractivity contribution < 1.29 is 9.53 Å². The molecule has 4 heteroatoms. The second-order valence-electron chi connectivity index (χ2n) is 4.72. The first-order chi connectivity index (χ1) is 9.69. The van der Waals surface area contributed by atoms with Crippen LogP contribution >= 0.6 is 0 Å². The van der Waals surface area contributed by atoms with Gasteiger partial charge in [0.05, 0.1) is 12.7 Å². The molecule has 1 aromatic carbocycles. The summed E-state index contributed by atoms with van der Waals surface area (Å²) >= 11 is 0. The minimum absolute atomic E-state index is 0.305. The number of rotatable bonds is 5. The lowest BCUT2D eigenvalue weighted by atomic mass is 10.1. The van der Waals surface area contributed by atoms with Gasteiger partial charge in [0.2, 0.25) is 0 Å². The summed E-state index contributed by atoms with van der Waals surface area (Å²) in [5.74, 6) is -0.305. The molecule has 20 heavy (non-hydrogen) atoms. The maximum absolute atomic E-state index is 11.3. The van der Waals surface area contributed by atoms with E-state index in [4.69, 9.17) is 0 Å². The fourth-order valence-electron chi connectivity index (χ4n) is 2.03. The molecule has 0 N–H and O–H groups in total. The van der Waals surface area contributed by atoms with Crippen LogP contribution in [0.2, 0.25) is 0 Å². The zero-order chi connectivity index (χ0) is 14.4. The maximum atomic E-state index is 11.3. The van der Waals surface area contributed by atoms with Crippen molar-refractivity contribution in [2.24, 2.45) is 0 Å². The molecule has 1 heterocycles. The van der Waals surface area contributed by atoms with Crippen molar-refractivity contribution in [3.8, 4) is 0 Å². The summed E-state index contributed by atoms with van der Waals surface area (Å²) in [5.41, 5.74) is 2.91. The van der Waals surface area contributed by atoms with Gasteiger partial charge < -0.3 is 4.74 Å². The van der Waals surface area contributed by atoms with Crippen molar-refractivity contribution in [3.63, 3.8) is 0 Å². The second-order valence-corrected chi connectivity index (χ2v) is 4.72. The van der Waals surface area contributed by atoms with Gasteiger partial charge >= 0.3 is 5.97 Å². The van der Waals surface area contributed by atoms with E-state index in [1.165, 1.54) is 12.7 Å². The molecule has 0 bridgehead atoms. The fraction of sp³-hybridized carbons (Fsp3) is 0.250. The molecule has 0 radical (unpaired) electrons. The highest BCUT2D eigenvalue weighted by Crippen LogP contribution is 2.10. The molecule has 4 nitrogen and oxygen atoms in total. The number of ether oxygens (including phenoxy) is 1. The molecule has 2 aromatic rings. The Morgan fingerprint density at radius 2 is 1.85 bits per heavy atom. The molecule has 0 spiro atoms. The van der Waals surface area contributed by atoms with Gasteiger partial charge in [-0.1, -0.05) is 18.2 Å². The van der Waals surface area contributed by atoms with Crippen LogP contribution < -0.4 is 0 Å². The first-order valence-corrected chi connectivity index (χ1v) is 6.44. The van der Waals surface area contributed by atoms with Crippen molar-refractivity contribution in [1.82, 2.24) is 9.88 Å². The van der Waals surface area contributed by atoms with Crippen LogP contribution in [-0.4, -0.2) is 30.0 Å². The lowest BCUT2D eigenvalue weighted by molar-refractivity contribution is 0.0600. The van der Waals surface area contributed by atoms with Gasteiger partial charge in [-0.15, -0.1) is 0 Å². The number of carbonyl (C=O) groups excluding carboxylic acids is 1. The van der Waals surface area contributed by atoms with Crippen molar-refractivity contribution >= 4 is 5.97 Å². The fourth-order valence-corrected chi connectivity index (χ4v) is 2.03. The van der Waals surface area contributed by atoms with E-state index in [9.17, 15) is 4.79 Å². The van der Waals surface area contributed by atoms with E-state index in [-0.39, 0.29) is 5.97 Å². The molecule has 0 aliphatic carbocycles. The standard InChI is InChI=1S/C16H18N2O2/c1-18(12-14-4-3-9-17-10-14)11-13-5-7-15(8-6-13)16(19)20-2/h3-10H,11-12H2,1-2H3. The zero-order valence-electron chi connectivity index (χ0n) is 11.7. The van der Waals surface area contributed by atoms with E-state index in [1.54, 1.807) is 18.3 Å². The van der Waals surface area contributed by atoms with Gasteiger partial charge in [0.25, 0.3) is 0 Å². The SMILES string of the molecule is COC(=O)c1ccc(CN(C)Cc2cccnc2)cc1. The van der Waals surface area contributed by atoms with E-state index in [1.807, 2.05) is 24.4 Å². The minimum Gasteiger partial charge on any atom is -0.465 e. The summed E-state index contributed by atoms with van der Waals surface area (Å²) in [4.78, 5) is 17.7. The molecule has 0 aliphatic rings. The number of carbonyl (C=O) groups is 1. The molecule has 0 amide bonds. The van der Waals surface area contributed by atoms with Crippen molar-refractivity contribution in [2.45, 2.75) is 13.1 Å². The topological polar surface area (TPSA) is 42.4 Å². The predicted octanol–water partition coefficient (Wildman–Crippen LogP) is 2.50. The van der Waals surface area contributed by atoms with Crippen LogP contribution in [0.1, 0.15) is 21.5 Å². The smallest absolute Gasteiger partial charge is 0.337 e. The van der Waals surface area contributed by atoms with Crippen LogP contribution in [0.5, 0.6) is 0 Å². The van der Waals surface area contributed by atoms with Crippen molar-refractivity contribution in [1.29, 1.82) is 0 Å². The average Bonchev–Trinajstić information content (AvgIpc) is 2.48. The third-order valence-corrected chi connectivity index (χ3v) is 3.00. The molecule has 104 valence electrons. The number of hydrogen-bond acceptors (Lipinski definition) is 4. The van der Waals surface area contributed by atoms with E-state index in [2.05, 4.69) is 27.7 Å². The molecule has 0 unspecified atom stereocenters. The Morgan fingerprint density at radius 3 is 2.45 bits per heavy atom. The highest BCUT2D eigenvalue weighted by atomic mass is 16.5. The van der Waals surface area contributed by atoms with Gasteiger partial charge in [-0.3, -0.25) is 9.88 Å². The van der Waals surface area contributed by atoms with Gasteiger partial charge in [0.1, 0.15) is 0 Å². The van der Waals surface area contributed by atoms with Gasteiger partial charge in [0, 0.05) is 25.5 Å². The number of pyridine rings is 1. The highest BCUT2D eigenvalue weighted by molar-refractivity contribution is 5.89. The summed E-state index contributed by atoms with van der Waals surface area (Å²) in [7, 11) is 3.44. The number of aromatic nitrogens is 1. The summed E-state index contributed by atoms with van der Waals surface area (Å²) in [5, 5.41) is 0. The second kappa shape index (κ2) is 6.82. The van der Waals surface area contributed by atoms with Crippen LogP contribution in [-0.2, 0) is 17.8 Å². The lowest BCUT2D eigenvalue weighted by Gasteiger charge is -2.16. The minimum atomic E-state index is -0.305. The quantitative estimate of drug-likeness (QED) is 0.783. The highest BCUT2D eigenvalue weighted by Gasteiger charge is 2.06. The molecule has 0 saturated heterocycles. The Morgan fingerprint density at radius 1 is 1.15 bits per heavy atom.